The third kappa shape index (κ3) is 3.93. The fraction of sp³-hybridized carbons (Fsp3) is 0.478. The molecule has 1 aromatic carbocycles. The summed E-state index contributed by atoms with van der Waals surface area (Å²) in [4.78, 5) is 15.8. The van der Waals surface area contributed by atoms with Gasteiger partial charge in [0.15, 0.2) is 5.82 Å². The lowest BCUT2D eigenvalue weighted by molar-refractivity contribution is 0.0388. The van der Waals surface area contributed by atoms with Gasteiger partial charge < -0.3 is 15.0 Å². The van der Waals surface area contributed by atoms with Gasteiger partial charge in [-0.15, -0.1) is 5.10 Å². The van der Waals surface area contributed by atoms with Crippen molar-refractivity contribution >= 4 is 23.4 Å². The molecule has 2 bridgehead atoms. The minimum atomic E-state index is -0.491. The van der Waals surface area contributed by atoms with Gasteiger partial charge in [0, 0.05) is 35.9 Å². The summed E-state index contributed by atoms with van der Waals surface area (Å²) in [7, 11) is 0. The van der Waals surface area contributed by atoms with Gasteiger partial charge in [-0.1, -0.05) is 11.6 Å². The molecular weight excluding hydrogens is 445 g/mol. The normalized spacial score (nSPS) is 26.3. The Morgan fingerprint density at radius 2 is 1.94 bits per heavy atom. The van der Waals surface area contributed by atoms with Crippen molar-refractivity contribution in [1.29, 1.82) is 0 Å². The summed E-state index contributed by atoms with van der Waals surface area (Å²) in [6, 6.07) is 6.82. The van der Waals surface area contributed by atoms with Crippen LogP contribution in [0.1, 0.15) is 36.0 Å². The fourth-order valence-electron chi connectivity index (χ4n) is 5.48. The van der Waals surface area contributed by atoms with Crippen LogP contribution in [-0.2, 0) is 11.3 Å². The minimum Gasteiger partial charge on any atom is -0.364 e. The molecule has 172 valence electrons. The Bertz CT molecular complexity index is 1150. The van der Waals surface area contributed by atoms with Crippen LogP contribution in [0, 0.1) is 24.6 Å². The highest BCUT2D eigenvalue weighted by molar-refractivity contribution is 6.30. The maximum atomic E-state index is 13.9. The van der Waals surface area contributed by atoms with Gasteiger partial charge in [0.05, 0.1) is 13.2 Å². The van der Waals surface area contributed by atoms with E-state index in [1.54, 1.807) is 12.4 Å². The molecule has 0 amide bonds. The number of benzene rings is 1. The number of rotatable bonds is 4. The molecule has 2 aromatic heterocycles. The van der Waals surface area contributed by atoms with E-state index >= 15 is 0 Å². The van der Waals surface area contributed by atoms with E-state index in [4.69, 9.17) is 26.4 Å². The molecule has 6 rings (SSSR count). The lowest BCUT2D eigenvalue weighted by Crippen LogP contribution is -2.48. The van der Waals surface area contributed by atoms with Crippen molar-refractivity contribution in [1.82, 2.24) is 24.7 Å². The van der Waals surface area contributed by atoms with Crippen LogP contribution in [0.5, 0.6) is 0 Å². The number of nitrogens with zero attached hydrogens (tertiary/aromatic N) is 6. The Hall–Kier alpha value is -2.78. The van der Waals surface area contributed by atoms with E-state index in [-0.39, 0.29) is 0 Å². The molecule has 3 aromatic rings. The standard InChI is InChI=1S/C23H25ClFN7O/c1-13-6-19(27-12-26-13)31-10-14-2-3-15(11-31)20(14)28-23-29-22-21(33-5-4-32(22)30-23)16-7-17(24)9-18(25)8-16/h6-9,12,14-15,20-21H,2-5,10-11H2,1H3,(H,28,30)/t14-,15+,20?,21-/m1/s1. The first kappa shape index (κ1) is 20.8. The van der Waals surface area contributed by atoms with E-state index in [1.165, 1.54) is 25.0 Å². The molecule has 1 saturated carbocycles. The SMILES string of the molecule is Cc1cc(N2C[C@H]3CC[C@@H](C2)C3Nc2nc3n(n2)CCO[C@@H]3c2cc(F)cc(Cl)c2)ncn1. The van der Waals surface area contributed by atoms with E-state index in [9.17, 15) is 4.39 Å². The Labute approximate surface area is 196 Å². The number of nitrogens with one attached hydrogen (secondary N) is 1. The minimum absolute atomic E-state index is 0.316. The zero-order valence-electron chi connectivity index (χ0n) is 18.3. The molecule has 2 fully saturated rings. The van der Waals surface area contributed by atoms with Gasteiger partial charge in [-0.25, -0.2) is 19.0 Å². The van der Waals surface area contributed by atoms with E-state index in [0.717, 1.165) is 24.6 Å². The maximum Gasteiger partial charge on any atom is 0.242 e. The van der Waals surface area contributed by atoms with Gasteiger partial charge >= 0.3 is 0 Å². The lowest BCUT2D eigenvalue weighted by Gasteiger charge is -2.38. The van der Waals surface area contributed by atoms with E-state index in [2.05, 4.69) is 26.3 Å². The van der Waals surface area contributed by atoms with Crippen molar-refractivity contribution in [2.45, 2.75) is 38.5 Å². The van der Waals surface area contributed by atoms with Crippen LogP contribution in [0.2, 0.25) is 5.02 Å². The molecule has 1 aliphatic carbocycles. The molecule has 8 nitrogen and oxygen atoms in total. The average molecular weight is 470 g/mol. The topological polar surface area (TPSA) is 81.0 Å². The second-order valence-corrected chi connectivity index (χ2v) is 9.60. The van der Waals surface area contributed by atoms with Crippen LogP contribution in [0.15, 0.2) is 30.6 Å². The Morgan fingerprint density at radius 3 is 2.70 bits per heavy atom. The van der Waals surface area contributed by atoms with Crippen LogP contribution in [0.25, 0.3) is 0 Å². The van der Waals surface area contributed by atoms with Crippen molar-refractivity contribution < 1.29 is 9.13 Å². The van der Waals surface area contributed by atoms with Crippen molar-refractivity contribution in [2.75, 3.05) is 29.9 Å². The molecule has 10 heteroatoms. The van der Waals surface area contributed by atoms with Crippen molar-refractivity contribution in [2.24, 2.45) is 11.8 Å². The summed E-state index contributed by atoms with van der Waals surface area (Å²) in [5, 5.41) is 8.66. The molecule has 0 spiro atoms. The maximum absolute atomic E-state index is 13.9. The first-order valence-corrected chi connectivity index (χ1v) is 11.7. The van der Waals surface area contributed by atoms with Crippen molar-refractivity contribution in [3.63, 3.8) is 0 Å². The summed E-state index contributed by atoms with van der Waals surface area (Å²) in [6.07, 6.45) is 3.49. The Morgan fingerprint density at radius 1 is 1.12 bits per heavy atom. The number of ether oxygens (including phenoxy) is 1. The Balaban J connectivity index is 1.21. The second kappa shape index (κ2) is 8.22. The Kier molecular flexibility index (Phi) is 5.18. The highest BCUT2D eigenvalue weighted by Crippen LogP contribution is 2.40. The van der Waals surface area contributed by atoms with Gasteiger partial charge in [0.25, 0.3) is 0 Å². The number of anilines is 2. The first-order valence-electron chi connectivity index (χ1n) is 11.4. The van der Waals surface area contributed by atoms with Gasteiger partial charge in [0.1, 0.15) is 24.1 Å². The molecule has 0 radical (unpaired) electrons. The predicted molar refractivity (Wildman–Crippen MR) is 122 cm³/mol. The van der Waals surface area contributed by atoms with E-state index in [1.807, 2.05) is 11.6 Å². The first-order chi connectivity index (χ1) is 16.0. The highest BCUT2D eigenvalue weighted by Gasteiger charge is 2.43. The zero-order valence-corrected chi connectivity index (χ0v) is 19.0. The number of halogens is 2. The van der Waals surface area contributed by atoms with Crippen LogP contribution in [0.3, 0.4) is 0 Å². The van der Waals surface area contributed by atoms with E-state index < -0.39 is 11.9 Å². The molecule has 4 heterocycles. The smallest absolute Gasteiger partial charge is 0.242 e. The largest absolute Gasteiger partial charge is 0.364 e. The number of piperidine rings is 1. The zero-order chi connectivity index (χ0) is 22.5. The van der Waals surface area contributed by atoms with Gasteiger partial charge in [0.2, 0.25) is 5.95 Å². The number of aromatic nitrogens is 5. The summed E-state index contributed by atoms with van der Waals surface area (Å²) in [5.74, 6) is 2.88. The third-order valence-corrected chi connectivity index (χ3v) is 7.17. The van der Waals surface area contributed by atoms with Crippen LogP contribution in [-0.4, -0.2) is 50.5 Å². The third-order valence-electron chi connectivity index (χ3n) is 6.95. The number of fused-ring (bicyclic) bond motifs is 3. The molecular formula is C23H25ClFN7O. The van der Waals surface area contributed by atoms with Crippen molar-refractivity contribution in [3.05, 3.63) is 58.5 Å². The van der Waals surface area contributed by atoms with Gasteiger partial charge in [-0.05, 0) is 55.4 Å². The summed E-state index contributed by atoms with van der Waals surface area (Å²) < 4.78 is 21.7. The molecule has 2 aliphatic heterocycles. The second-order valence-electron chi connectivity index (χ2n) is 9.16. The van der Waals surface area contributed by atoms with Gasteiger partial charge in [-0.3, -0.25) is 0 Å². The highest BCUT2D eigenvalue weighted by atomic mass is 35.5. The predicted octanol–water partition coefficient (Wildman–Crippen LogP) is 3.62. The number of hydrogen-bond donors (Lipinski definition) is 1. The van der Waals surface area contributed by atoms with Crippen molar-refractivity contribution in [3.8, 4) is 0 Å². The molecule has 33 heavy (non-hydrogen) atoms. The summed E-state index contributed by atoms with van der Waals surface area (Å²) in [6.45, 7) is 4.99. The number of hydrogen-bond acceptors (Lipinski definition) is 7. The number of aryl methyl sites for hydroxylation is 1. The molecule has 1 saturated heterocycles. The lowest BCUT2D eigenvalue weighted by atomic mass is 9.92. The molecule has 1 unspecified atom stereocenters. The summed E-state index contributed by atoms with van der Waals surface area (Å²) in [5.41, 5.74) is 1.63. The average Bonchev–Trinajstić information content (AvgIpc) is 3.29. The molecule has 4 atom stereocenters. The monoisotopic (exact) mass is 469 g/mol. The van der Waals surface area contributed by atoms with Crippen LogP contribution in [0.4, 0.5) is 16.2 Å². The quantitative estimate of drug-likeness (QED) is 0.625. The molecule has 1 N–H and O–H groups in total. The van der Waals surface area contributed by atoms with E-state index in [0.29, 0.717) is 53.4 Å². The van der Waals surface area contributed by atoms with Gasteiger partial charge in [-0.2, -0.15) is 4.98 Å². The summed E-state index contributed by atoms with van der Waals surface area (Å²) >= 11 is 6.07. The van der Waals surface area contributed by atoms with Crippen LogP contribution >= 0.6 is 11.6 Å². The van der Waals surface area contributed by atoms with Crippen LogP contribution < -0.4 is 10.2 Å². The molecule has 3 aliphatic rings. The fourth-order valence-corrected chi connectivity index (χ4v) is 5.72.